The maximum Gasteiger partial charge on any atom is 0.223 e. The minimum absolute atomic E-state index is 0.165. The third-order valence-corrected chi connectivity index (χ3v) is 4.92. The molecule has 2 fully saturated rings. The molecule has 0 radical (unpaired) electrons. The molecule has 4 atom stereocenters. The molecule has 1 saturated heterocycles. The lowest BCUT2D eigenvalue weighted by Gasteiger charge is -2.33. The van der Waals surface area contributed by atoms with Crippen molar-refractivity contribution in [2.45, 2.75) is 64.5 Å². The van der Waals surface area contributed by atoms with E-state index < -0.39 is 0 Å². The van der Waals surface area contributed by atoms with Gasteiger partial charge in [0.25, 0.3) is 0 Å². The highest BCUT2D eigenvalue weighted by Crippen LogP contribution is 2.29. The molecule has 0 bridgehead atoms. The van der Waals surface area contributed by atoms with E-state index in [9.17, 15) is 4.79 Å². The van der Waals surface area contributed by atoms with Crippen molar-refractivity contribution in [2.75, 3.05) is 19.6 Å². The average molecular weight is 281 g/mol. The quantitative estimate of drug-likeness (QED) is 0.825. The van der Waals surface area contributed by atoms with Crippen LogP contribution in [0.15, 0.2) is 0 Å². The molecule has 1 aliphatic carbocycles. The normalized spacial score (nSPS) is 33.6. The monoisotopic (exact) mass is 281 g/mol. The van der Waals surface area contributed by atoms with Gasteiger partial charge in [-0.15, -0.1) is 0 Å². The minimum atomic E-state index is 0.165. The second-order valence-corrected chi connectivity index (χ2v) is 6.93. The zero-order chi connectivity index (χ0) is 14.5. The minimum Gasteiger partial charge on any atom is -0.352 e. The van der Waals surface area contributed by atoms with Gasteiger partial charge in [-0.3, -0.25) is 4.79 Å². The van der Waals surface area contributed by atoms with Crippen LogP contribution in [0.3, 0.4) is 0 Å². The second-order valence-electron chi connectivity index (χ2n) is 6.93. The van der Waals surface area contributed by atoms with Gasteiger partial charge in [-0.05, 0) is 58.0 Å². The van der Waals surface area contributed by atoms with Crippen LogP contribution in [0.25, 0.3) is 0 Å². The van der Waals surface area contributed by atoms with Crippen LogP contribution in [0.1, 0.15) is 52.4 Å². The van der Waals surface area contributed by atoms with E-state index >= 15 is 0 Å². The van der Waals surface area contributed by atoms with Crippen LogP contribution < -0.4 is 11.1 Å². The van der Waals surface area contributed by atoms with Gasteiger partial charge >= 0.3 is 0 Å². The van der Waals surface area contributed by atoms with Gasteiger partial charge in [0.1, 0.15) is 0 Å². The Labute approximate surface area is 123 Å². The molecule has 116 valence electrons. The van der Waals surface area contributed by atoms with Gasteiger partial charge in [-0.2, -0.15) is 0 Å². The molecular weight excluding hydrogens is 250 g/mol. The van der Waals surface area contributed by atoms with E-state index in [1.165, 1.54) is 32.4 Å². The molecular formula is C16H31N3O. The highest BCUT2D eigenvalue weighted by Gasteiger charge is 2.31. The molecule has 0 aromatic heterocycles. The Kier molecular flexibility index (Phi) is 5.85. The zero-order valence-electron chi connectivity index (χ0n) is 13.1. The molecule has 2 aliphatic rings. The van der Waals surface area contributed by atoms with E-state index in [0.29, 0.717) is 12.0 Å². The smallest absolute Gasteiger partial charge is 0.223 e. The molecule has 0 aromatic carbocycles. The van der Waals surface area contributed by atoms with E-state index in [0.717, 1.165) is 25.8 Å². The number of piperidine rings is 1. The molecule has 1 amide bonds. The van der Waals surface area contributed by atoms with Gasteiger partial charge in [0.2, 0.25) is 5.91 Å². The summed E-state index contributed by atoms with van der Waals surface area (Å²) < 4.78 is 0. The number of nitrogens with zero attached hydrogens (tertiary/aromatic N) is 1. The van der Waals surface area contributed by atoms with E-state index in [2.05, 4.69) is 24.1 Å². The number of carbonyl (C=O) groups is 1. The summed E-state index contributed by atoms with van der Waals surface area (Å²) in [6, 6.07) is 0.545. The summed E-state index contributed by atoms with van der Waals surface area (Å²) in [5, 5.41) is 3.22. The van der Waals surface area contributed by atoms with Crippen molar-refractivity contribution in [1.29, 1.82) is 0 Å². The molecule has 1 heterocycles. The standard InChI is InChI=1S/C16H31N3O/c1-12-10-14(17)6-7-15(12)16(20)18-13(2)11-19-8-4-3-5-9-19/h12-15H,3-11,17H2,1-2H3,(H,18,20). The SMILES string of the molecule is CC(CN1CCCCC1)NC(=O)C1CCC(N)CC1C. The Morgan fingerprint density at radius 1 is 1.30 bits per heavy atom. The molecule has 1 saturated carbocycles. The van der Waals surface area contributed by atoms with E-state index in [-0.39, 0.29) is 17.9 Å². The van der Waals surface area contributed by atoms with Gasteiger partial charge in [0, 0.05) is 24.5 Å². The first-order chi connectivity index (χ1) is 9.56. The molecule has 1 aliphatic heterocycles. The van der Waals surface area contributed by atoms with Crippen LogP contribution in [0.5, 0.6) is 0 Å². The lowest BCUT2D eigenvalue weighted by molar-refractivity contribution is -0.128. The van der Waals surface area contributed by atoms with Crippen LogP contribution >= 0.6 is 0 Å². The zero-order valence-corrected chi connectivity index (χ0v) is 13.1. The Morgan fingerprint density at radius 2 is 2.00 bits per heavy atom. The van der Waals surface area contributed by atoms with Gasteiger partial charge < -0.3 is 16.0 Å². The fraction of sp³-hybridized carbons (Fsp3) is 0.938. The Hall–Kier alpha value is -0.610. The van der Waals surface area contributed by atoms with Crippen molar-refractivity contribution < 1.29 is 4.79 Å². The molecule has 3 N–H and O–H groups in total. The Bertz CT molecular complexity index is 315. The third kappa shape index (κ3) is 4.45. The van der Waals surface area contributed by atoms with Crippen LogP contribution in [-0.4, -0.2) is 42.5 Å². The van der Waals surface area contributed by atoms with Crippen LogP contribution in [0.4, 0.5) is 0 Å². The van der Waals surface area contributed by atoms with Crippen molar-refractivity contribution in [1.82, 2.24) is 10.2 Å². The first-order valence-corrected chi connectivity index (χ1v) is 8.34. The maximum absolute atomic E-state index is 12.4. The topological polar surface area (TPSA) is 58.4 Å². The number of nitrogens with one attached hydrogen (secondary N) is 1. The van der Waals surface area contributed by atoms with Crippen LogP contribution in [0, 0.1) is 11.8 Å². The van der Waals surface area contributed by atoms with Gasteiger partial charge in [0.15, 0.2) is 0 Å². The number of carbonyl (C=O) groups excluding carboxylic acids is 1. The number of hydrogen-bond donors (Lipinski definition) is 2. The summed E-state index contributed by atoms with van der Waals surface area (Å²) in [6.07, 6.45) is 6.89. The van der Waals surface area contributed by atoms with Crippen molar-refractivity contribution in [2.24, 2.45) is 17.6 Å². The third-order valence-electron chi connectivity index (χ3n) is 4.92. The summed E-state index contributed by atoms with van der Waals surface area (Å²) in [6.45, 7) is 7.67. The molecule has 4 nitrogen and oxygen atoms in total. The summed E-state index contributed by atoms with van der Waals surface area (Å²) in [5.41, 5.74) is 5.97. The fourth-order valence-corrected chi connectivity index (χ4v) is 3.75. The molecule has 0 spiro atoms. The largest absolute Gasteiger partial charge is 0.352 e. The fourth-order valence-electron chi connectivity index (χ4n) is 3.75. The van der Waals surface area contributed by atoms with Crippen LogP contribution in [-0.2, 0) is 4.79 Å². The first-order valence-electron chi connectivity index (χ1n) is 8.34. The summed E-state index contributed by atoms with van der Waals surface area (Å²) in [7, 11) is 0. The van der Waals surface area contributed by atoms with Crippen LogP contribution in [0.2, 0.25) is 0 Å². The predicted octanol–water partition coefficient (Wildman–Crippen LogP) is 1.74. The number of nitrogens with two attached hydrogens (primary N) is 1. The summed E-state index contributed by atoms with van der Waals surface area (Å²) >= 11 is 0. The predicted molar refractivity (Wildman–Crippen MR) is 82.4 cm³/mol. The van der Waals surface area contributed by atoms with E-state index in [1.54, 1.807) is 0 Å². The molecule has 4 heteroatoms. The average Bonchev–Trinajstić information content (AvgIpc) is 2.39. The van der Waals surface area contributed by atoms with Crippen molar-refractivity contribution in [3.63, 3.8) is 0 Å². The van der Waals surface area contributed by atoms with E-state index in [1.807, 2.05) is 0 Å². The van der Waals surface area contributed by atoms with Gasteiger partial charge in [0.05, 0.1) is 0 Å². The number of likely N-dealkylation sites (tertiary alicyclic amines) is 1. The molecule has 20 heavy (non-hydrogen) atoms. The maximum atomic E-state index is 12.4. The number of amides is 1. The number of rotatable bonds is 4. The first kappa shape index (κ1) is 15.8. The lowest BCUT2D eigenvalue weighted by atomic mass is 9.77. The summed E-state index contributed by atoms with van der Waals surface area (Å²) in [4.78, 5) is 14.9. The second kappa shape index (κ2) is 7.41. The highest BCUT2D eigenvalue weighted by molar-refractivity contribution is 5.79. The Morgan fingerprint density at radius 3 is 2.65 bits per heavy atom. The van der Waals surface area contributed by atoms with Gasteiger partial charge in [-0.1, -0.05) is 13.3 Å². The van der Waals surface area contributed by atoms with Gasteiger partial charge in [-0.25, -0.2) is 0 Å². The van der Waals surface area contributed by atoms with Crippen molar-refractivity contribution in [3.05, 3.63) is 0 Å². The number of hydrogen-bond acceptors (Lipinski definition) is 3. The van der Waals surface area contributed by atoms with E-state index in [4.69, 9.17) is 5.73 Å². The highest BCUT2D eigenvalue weighted by atomic mass is 16.2. The molecule has 0 aromatic rings. The Balaban J connectivity index is 1.75. The molecule has 4 unspecified atom stereocenters. The van der Waals surface area contributed by atoms with Crippen molar-refractivity contribution >= 4 is 5.91 Å². The molecule has 2 rings (SSSR count). The van der Waals surface area contributed by atoms with Crippen molar-refractivity contribution in [3.8, 4) is 0 Å². The lowest BCUT2D eigenvalue weighted by Crippen LogP contribution is -2.47. The summed E-state index contributed by atoms with van der Waals surface area (Å²) in [5.74, 6) is 0.827.